The summed E-state index contributed by atoms with van der Waals surface area (Å²) in [7, 11) is 2.22. The van der Waals surface area contributed by atoms with Crippen LogP contribution in [0.4, 0.5) is 0 Å². The maximum absolute atomic E-state index is 4.07. The number of pyridine rings is 1. The van der Waals surface area contributed by atoms with Gasteiger partial charge in [0, 0.05) is 31.0 Å². The smallest absolute Gasteiger partial charge is 0.0321 e. The molecule has 0 aliphatic carbocycles. The lowest BCUT2D eigenvalue weighted by Crippen LogP contribution is -2.45. The van der Waals surface area contributed by atoms with Gasteiger partial charge in [-0.2, -0.15) is 0 Å². The van der Waals surface area contributed by atoms with Gasteiger partial charge < -0.3 is 5.32 Å². The van der Waals surface area contributed by atoms with E-state index in [1.54, 1.807) is 0 Å². The van der Waals surface area contributed by atoms with Crippen LogP contribution in [0, 0.1) is 0 Å². The second kappa shape index (κ2) is 5.41. The molecular weight excluding hydrogens is 198 g/mol. The molecule has 1 aliphatic heterocycles. The maximum atomic E-state index is 4.07. The Morgan fingerprint density at radius 3 is 2.81 bits per heavy atom. The molecule has 2 unspecified atom stereocenters. The zero-order chi connectivity index (χ0) is 11.4. The van der Waals surface area contributed by atoms with Crippen LogP contribution < -0.4 is 5.32 Å². The SMILES string of the molecule is CC(c1ccncc1)N(C)C1CCCNC1. The number of likely N-dealkylation sites (N-methyl/N-ethyl adjacent to an activating group) is 1. The molecule has 3 nitrogen and oxygen atoms in total. The van der Waals surface area contributed by atoms with Gasteiger partial charge >= 0.3 is 0 Å². The molecule has 2 atom stereocenters. The average Bonchev–Trinajstić information content (AvgIpc) is 2.39. The fourth-order valence-electron chi connectivity index (χ4n) is 2.37. The molecule has 0 amide bonds. The first-order valence-electron chi connectivity index (χ1n) is 6.11. The van der Waals surface area contributed by atoms with Crippen molar-refractivity contribution in [2.45, 2.75) is 31.8 Å². The van der Waals surface area contributed by atoms with E-state index in [2.05, 4.69) is 41.3 Å². The molecule has 1 saturated heterocycles. The van der Waals surface area contributed by atoms with E-state index >= 15 is 0 Å². The van der Waals surface area contributed by atoms with Crippen molar-refractivity contribution in [2.24, 2.45) is 0 Å². The molecular formula is C13H21N3. The van der Waals surface area contributed by atoms with E-state index < -0.39 is 0 Å². The van der Waals surface area contributed by atoms with E-state index in [4.69, 9.17) is 0 Å². The Morgan fingerprint density at radius 1 is 1.44 bits per heavy atom. The highest BCUT2D eigenvalue weighted by Crippen LogP contribution is 2.22. The summed E-state index contributed by atoms with van der Waals surface area (Å²) in [6.07, 6.45) is 6.34. The summed E-state index contributed by atoms with van der Waals surface area (Å²) in [5.41, 5.74) is 1.35. The van der Waals surface area contributed by atoms with Crippen LogP contribution in [0.15, 0.2) is 24.5 Å². The Morgan fingerprint density at radius 2 is 2.19 bits per heavy atom. The van der Waals surface area contributed by atoms with Crippen LogP contribution in [-0.4, -0.2) is 36.1 Å². The summed E-state index contributed by atoms with van der Waals surface area (Å²) < 4.78 is 0. The number of rotatable bonds is 3. The first-order chi connectivity index (χ1) is 7.79. The Labute approximate surface area is 97.9 Å². The Hall–Kier alpha value is -0.930. The first kappa shape index (κ1) is 11.6. The third-order valence-corrected chi connectivity index (χ3v) is 3.65. The van der Waals surface area contributed by atoms with Crippen molar-refractivity contribution in [2.75, 3.05) is 20.1 Å². The van der Waals surface area contributed by atoms with Crippen LogP contribution in [0.5, 0.6) is 0 Å². The van der Waals surface area contributed by atoms with Crippen LogP contribution >= 0.6 is 0 Å². The van der Waals surface area contributed by atoms with Crippen LogP contribution in [0.1, 0.15) is 31.4 Å². The van der Waals surface area contributed by atoms with E-state index in [-0.39, 0.29) is 0 Å². The predicted octanol–water partition coefficient (Wildman–Crippen LogP) is 1.83. The molecule has 1 fully saturated rings. The van der Waals surface area contributed by atoms with Crippen molar-refractivity contribution in [1.82, 2.24) is 15.2 Å². The Balaban J connectivity index is 2.00. The average molecular weight is 219 g/mol. The molecule has 0 spiro atoms. The lowest BCUT2D eigenvalue weighted by molar-refractivity contribution is 0.156. The van der Waals surface area contributed by atoms with Gasteiger partial charge in [-0.1, -0.05) is 0 Å². The van der Waals surface area contributed by atoms with Gasteiger partial charge in [-0.3, -0.25) is 9.88 Å². The number of aromatic nitrogens is 1. The molecule has 16 heavy (non-hydrogen) atoms. The maximum Gasteiger partial charge on any atom is 0.0321 e. The minimum atomic E-state index is 0.466. The molecule has 0 bridgehead atoms. The number of nitrogens with zero attached hydrogens (tertiary/aromatic N) is 2. The van der Waals surface area contributed by atoms with Crippen LogP contribution in [-0.2, 0) is 0 Å². The van der Waals surface area contributed by atoms with Gasteiger partial charge in [0.05, 0.1) is 0 Å². The van der Waals surface area contributed by atoms with Gasteiger partial charge in [-0.25, -0.2) is 0 Å². The van der Waals surface area contributed by atoms with Crippen LogP contribution in [0.2, 0.25) is 0 Å². The monoisotopic (exact) mass is 219 g/mol. The number of hydrogen-bond acceptors (Lipinski definition) is 3. The van der Waals surface area contributed by atoms with Crippen molar-refractivity contribution >= 4 is 0 Å². The van der Waals surface area contributed by atoms with Crippen LogP contribution in [0.25, 0.3) is 0 Å². The highest BCUT2D eigenvalue weighted by Gasteiger charge is 2.22. The molecule has 3 heteroatoms. The molecule has 2 heterocycles. The molecule has 1 aromatic heterocycles. The zero-order valence-electron chi connectivity index (χ0n) is 10.2. The minimum absolute atomic E-state index is 0.466. The summed E-state index contributed by atoms with van der Waals surface area (Å²) in [5, 5.41) is 3.47. The Kier molecular flexibility index (Phi) is 3.91. The van der Waals surface area contributed by atoms with Gasteiger partial charge in [-0.05, 0) is 51.1 Å². The second-order valence-electron chi connectivity index (χ2n) is 4.62. The normalized spacial score (nSPS) is 23.3. The van der Waals surface area contributed by atoms with E-state index in [1.807, 2.05) is 12.4 Å². The summed E-state index contributed by atoms with van der Waals surface area (Å²) in [6.45, 7) is 4.56. The largest absolute Gasteiger partial charge is 0.315 e. The van der Waals surface area contributed by atoms with E-state index in [0.29, 0.717) is 12.1 Å². The summed E-state index contributed by atoms with van der Waals surface area (Å²) in [4.78, 5) is 6.54. The molecule has 1 aliphatic rings. The second-order valence-corrected chi connectivity index (χ2v) is 4.62. The number of hydrogen-bond donors (Lipinski definition) is 1. The van der Waals surface area contributed by atoms with Crippen molar-refractivity contribution in [3.63, 3.8) is 0 Å². The quantitative estimate of drug-likeness (QED) is 0.840. The predicted molar refractivity (Wildman–Crippen MR) is 66.3 cm³/mol. The molecule has 1 N–H and O–H groups in total. The summed E-state index contributed by atoms with van der Waals surface area (Å²) in [5.74, 6) is 0. The van der Waals surface area contributed by atoms with E-state index in [1.165, 1.54) is 24.9 Å². The standard InChI is InChI=1S/C13H21N3/c1-11(12-5-8-14-9-6-12)16(2)13-4-3-7-15-10-13/h5-6,8-9,11,13,15H,3-4,7,10H2,1-2H3. The summed E-state index contributed by atoms with van der Waals surface area (Å²) >= 11 is 0. The van der Waals surface area contributed by atoms with Gasteiger partial charge in [0.1, 0.15) is 0 Å². The van der Waals surface area contributed by atoms with Crippen molar-refractivity contribution in [1.29, 1.82) is 0 Å². The highest BCUT2D eigenvalue weighted by atomic mass is 15.2. The van der Waals surface area contributed by atoms with Crippen molar-refractivity contribution in [3.05, 3.63) is 30.1 Å². The molecule has 1 aromatic rings. The number of nitrogens with one attached hydrogen (secondary N) is 1. The molecule has 0 saturated carbocycles. The molecule has 88 valence electrons. The van der Waals surface area contributed by atoms with Gasteiger partial charge in [0.25, 0.3) is 0 Å². The lowest BCUT2D eigenvalue weighted by Gasteiger charge is -2.36. The van der Waals surface area contributed by atoms with E-state index in [0.717, 1.165) is 6.54 Å². The van der Waals surface area contributed by atoms with Crippen molar-refractivity contribution in [3.8, 4) is 0 Å². The van der Waals surface area contributed by atoms with Crippen LogP contribution in [0.3, 0.4) is 0 Å². The Bertz CT molecular complexity index is 306. The highest BCUT2D eigenvalue weighted by molar-refractivity contribution is 5.14. The van der Waals surface area contributed by atoms with Crippen molar-refractivity contribution < 1.29 is 0 Å². The lowest BCUT2D eigenvalue weighted by atomic mass is 10.0. The van der Waals surface area contributed by atoms with Gasteiger partial charge in [0.2, 0.25) is 0 Å². The zero-order valence-corrected chi connectivity index (χ0v) is 10.2. The third kappa shape index (κ3) is 2.60. The van der Waals surface area contributed by atoms with Gasteiger partial charge in [0.15, 0.2) is 0 Å². The fraction of sp³-hybridized carbons (Fsp3) is 0.615. The third-order valence-electron chi connectivity index (χ3n) is 3.65. The summed E-state index contributed by atoms with van der Waals surface area (Å²) in [6, 6.07) is 5.35. The first-order valence-corrected chi connectivity index (χ1v) is 6.11. The topological polar surface area (TPSA) is 28.2 Å². The minimum Gasteiger partial charge on any atom is -0.315 e. The number of piperidine rings is 1. The van der Waals surface area contributed by atoms with E-state index in [9.17, 15) is 0 Å². The molecule has 0 radical (unpaired) electrons. The molecule has 0 aromatic carbocycles. The fourth-order valence-corrected chi connectivity index (χ4v) is 2.37. The molecule has 2 rings (SSSR count). The van der Waals surface area contributed by atoms with Gasteiger partial charge in [-0.15, -0.1) is 0 Å².